The van der Waals surface area contributed by atoms with Crippen LogP contribution in [0.5, 0.6) is 0 Å². The van der Waals surface area contributed by atoms with Crippen molar-refractivity contribution in [3.8, 4) is 0 Å². The SMILES string of the molecule is Nc1cnc(NC2CCCCC2CO)c(Cl)c1. The van der Waals surface area contributed by atoms with Crippen molar-refractivity contribution in [3.63, 3.8) is 0 Å². The molecule has 0 aromatic carbocycles. The number of nitrogens with two attached hydrogens (primary N) is 1. The Bertz CT molecular complexity index is 386. The van der Waals surface area contributed by atoms with E-state index in [0.29, 0.717) is 22.4 Å². The van der Waals surface area contributed by atoms with Crippen molar-refractivity contribution >= 4 is 23.1 Å². The number of nitrogen functional groups attached to an aromatic ring is 1. The summed E-state index contributed by atoms with van der Waals surface area (Å²) in [5.41, 5.74) is 6.16. The maximum atomic E-state index is 9.34. The first-order chi connectivity index (χ1) is 8.20. The van der Waals surface area contributed by atoms with Crippen LogP contribution in [0.3, 0.4) is 0 Å². The Morgan fingerprint density at radius 2 is 2.24 bits per heavy atom. The molecule has 2 rings (SSSR count). The zero-order valence-corrected chi connectivity index (χ0v) is 10.5. The second kappa shape index (κ2) is 5.56. The number of hydrogen-bond acceptors (Lipinski definition) is 4. The number of aliphatic hydroxyl groups is 1. The highest BCUT2D eigenvalue weighted by atomic mass is 35.5. The van der Waals surface area contributed by atoms with Gasteiger partial charge in [0.2, 0.25) is 0 Å². The second-order valence-electron chi connectivity index (χ2n) is 4.58. The molecule has 0 spiro atoms. The molecule has 2 atom stereocenters. The number of hydrogen-bond donors (Lipinski definition) is 3. The zero-order chi connectivity index (χ0) is 12.3. The summed E-state index contributed by atoms with van der Waals surface area (Å²) in [4.78, 5) is 4.19. The summed E-state index contributed by atoms with van der Waals surface area (Å²) in [5.74, 6) is 0.949. The lowest BCUT2D eigenvalue weighted by Crippen LogP contribution is -2.34. The number of nitrogens with zero attached hydrogens (tertiary/aromatic N) is 1. The third-order valence-corrected chi connectivity index (χ3v) is 3.62. The summed E-state index contributed by atoms with van der Waals surface area (Å²) in [7, 11) is 0. The molecule has 1 aromatic rings. The molecular formula is C12H18ClN3O. The monoisotopic (exact) mass is 255 g/mol. The third kappa shape index (κ3) is 3.01. The molecule has 0 bridgehead atoms. The van der Waals surface area contributed by atoms with Gasteiger partial charge in [-0.05, 0) is 18.9 Å². The first-order valence-electron chi connectivity index (χ1n) is 5.99. The summed E-state index contributed by atoms with van der Waals surface area (Å²) in [6.45, 7) is 0.213. The summed E-state index contributed by atoms with van der Waals surface area (Å²) in [6.07, 6.45) is 6.06. The van der Waals surface area contributed by atoms with Gasteiger partial charge in [0.05, 0.1) is 16.9 Å². The van der Waals surface area contributed by atoms with E-state index in [1.807, 2.05) is 0 Å². The molecule has 1 aliphatic rings. The molecule has 1 heterocycles. The first-order valence-corrected chi connectivity index (χ1v) is 6.37. The van der Waals surface area contributed by atoms with Gasteiger partial charge in [0.1, 0.15) is 5.82 Å². The molecule has 2 unspecified atom stereocenters. The Labute approximate surface area is 106 Å². The molecule has 0 aliphatic heterocycles. The summed E-state index contributed by atoms with van der Waals surface area (Å²) in [6, 6.07) is 1.94. The van der Waals surface area contributed by atoms with Gasteiger partial charge in [-0.1, -0.05) is 24.4 Å². The van der Waals surface area contributed by atoms with E-state index in [2.05, 4.69) is 10.3 Å². The normalized spacial score (nSPS) is 24.6. The van der Waals surface area contributed by atoms with Crippen molar-refractivity contribution in [2.75, 3.05) is 17.7 Å². The van der Waals surface area contributed by atoms with E-state index in [1.54, 1.807) is 12.3 Å². The van der Waals surface area contributed by atoms with Gasteiger partial charge < -0.3 is 16.2 Å². The lowest BCUT2D eigenvalue weighted by molar-refractivity contribution is 0.178. The van der Waals surface area contributed by atoms with Crippen LogP contribution in [0.4, 0.5) is 11.5 Å². The third-order valence-electron chi connectivity index (χ3n) is 3.33. The van der Waals surface area contributed by atoms with Crippen molar-refractivity contribution in [1.82, 2.24) is 4.98 Å². The van der Waals surface area contributed by atoms with Crippen LogP contribution in [0, 0.1) is 5.92 Å². The minimum atomic E-state index is 0.213. The van der Waals surface area contributed by atoms with Crippen LogP contribution in [-0.2, 0) is 0 Å². The average molecular weight is 256 g/mol. The maximum Gasteiger partial charge on any atom is 0.145 e. The van der Waals surface area contributed by atoms with Crippen molar-refractivity contribution in [3.05, 3.63) is 17.3 Å². The molecule has 1 aliphatic carbocycles. The molecular weight excluding hydrogens is 238 g/mol. The molecule has 0 amide bonds. The van der Waals surface area contributed by atoms with Crippen LogP contribution >= 0.6 is 11.6 Å². The molecule has 1 saturated carbocycles. The predicted molar refractivity (Wildman–Crippen MR) is 70.1 cm³/mol. The Hall–Kier alpha value is -1.00. The van der Waals surface area contributed by atoms with E-state index < -0.39 is 0 Å². The standard InChI is InChI=1S/C12H18ClN3O/c13-10-5-9(14)6-15-12(10)16-11-4-2-1-3-8(11)7-17/h5-6,8,11,17H,1-4,7,14H2,(H,15,16). The predicted octanol–water partition coefficient (Wildman–Crippen LogP) is 2.28. The van der Waals surface area contributed by atoms with Crippen molar-refractivity contribution < 1.29 is 5.11 Å². The highest BCUT2D eigenvalue weighted by Crippen LogP contribution is 2.29. The minimum absolute atomic E-state index is 0.213. The van der Waals surface area contributed by atoms with Gasteiger partial charge in [-0.25, -0.2) is 4.98 Å². The fourth-order valence-corrected chi connectivity index (χ4v) is 2.58. The Morgan fingerprint density at radius 1 is 1.47 bits per heavy atom. The van der Waals surface area contributed by atoms with Crippen molar-refractivity contribution in [2.45, 2.75) is 31.7 Å². The fraction of sp³-hybridized carbons (Fsp3) is 0.583. The fourth-order valence-electron chi connectivity index (χ4n) is 2.35. The quantitative estimate of drug-likeness (QED) is 0.775. The van der Waals surface area contributed by atoms with Crippen LogP contribution in [0.2, 0.25) is 5.02 Å². The molecule has 4 N–H and O–H groups in total. The van der Waals surface area contributed by atoms with Gasteiger partial charge in [-0.2, -0.15) is 0 Å². The lowest BCUT2D eigenvalue weighted by atomic mass is 9.85. The number of anilines is 2. The molecule has 1 fully saturated rings. The van der Waals surface area contributed by atoms with Crippen molar-refractivity contribution in [1.29, 1.82) is 0 Å². The van der Waals surface area contributed by atoms with Gasteiger partial charge in [-0.3, -0.25) is 0 Å². The number of aliphatic hydroxyl groups excluding tert-OH is 1. The highest BCUT2D eigenvalue weighted by Gasteiger charge is 2.25. The topological polar surface area (TPSA) is 71.2 Å². The maximum absolute atomic E-state index is 9.34. The average Bonchev–Trinajstić information content (AvgIpc) is 2.33. The minimum Gasteiger partial charge on any atom is -0.397 e. The van der Waals surface area contributed by atoms with Gasteiger partial charge in [0.15, 0.2) is 0 Å². The van der Waals surface area contributed by atoms with Crippen LogP contribution < -0.4 is 11.1 Å². The molecule has 17 heavy (non-hydrogen) atoms. The molecule has 0 saturated heterocycles. The van der Waals surface area contributed by atoms with Crippen LogP contribution in [0.15, 0.2) is 12.3 Å². The van der Waals surface area contributed by atoms with Crippen LogP contribution in [0.1, 0.15) is 25.7 Å². The zero-order valence-electron chi connectivity index (χ0n) is 9.69. The van der Waals surface area contributed by atoms with E-state index in [0.717, 1.165) is 12.8 Å². The second-order valence-corrected chi connectivity index (χ2v) is 4.98. The van der Waals surface area contributed by atoms with Gasteiger partial charge >= 0.3 is 0 Å². The highest BCUT2D eigenvalue weighted by molar-refractivity contribution is 6.33. The molecule has 4 nitrogen and oxygen atoms in total. The Kier molecular flexibility index (Phi) is 4.07. The largest absolute Gasteiger partial charge is 0.397 e. The first kappa shape index (κ1) is 12.5. The number of rotatable bonds is 3. The van der Waals surface area contributed by atoms with E-state index in [4.69, 9.17) is 17.3 Å². The summed E-state index contributed by atoms with van der Waals surface area (Å²) < 4.78 is 0. The van der Waals surface area contributed by atoms with Crippen LogP contribution in [-0.4, -0.2) is 22.7 Å². The number of nitrogens with one attached hydrogen (secondary N) is 1. The van der Waals surface area contributed by atoms with E-state index in [9.17, 15) is 5.11 Å². The molecule has 94 valence electrons. The number of pyridine rings is 1. The summed E-state index contributed by atoms with van der Waals surface area (Å²) in [5, 5.41) is 13.2. The van der Waals surface area contributed by atoms with Crippen LogP contribution in [0.25, 0.3) is 0 Å². The van der Waals surface area contributed by atoms with E-state index in [1.165, 1.54) is 12.8 Å². The Morgan fingerprint density at radius 3 is 2.94 bits per heavy atom. The smallest absolute Gasteiger partial charge is 0.145 e. The van der Waals surface area contributed by atoms with E-state index in [-0.39, 0.29) is 12.6 Å². The van der Waals surface area contributed by atoms with E-state index >= 15 is 0 Å². The molecule has 0 radical (unpaired) electrons. The van der Waals surface area contributed by atoms with Gasteiger partial charge in [-0.15, -0.1) is 0 Å². The number of halogens is 1. The Balaban J connectivity index is 2.08. The number of aromatic nitrogens is 1. The molecule has 5 heteroatoms. The van der Waals surface area contributed by atoms with Gasteiger partial charge in [0.25, 0.3) is 0 Å². The lowest BCUT2D eigenvalue weighted by Gasteiger charge is -2.31. The summed E-state index contributed by atoms with van der Waals surface area (Å²) >= 11 is 6.07. The molecule has 1 aromatic heterocycles. The van der Waals surface area contributed by atoms with Gasteiger partial charge in [0, 0.05) is 18.6 Å². The van der Waals surface area contributed by atoms with Crippen molar-refractivity contribution in [2.24, 2.45) is 5.92 Å².